The maximum Gasteiger partial charge on any atom is 0.387 e. The monoisotopic (exact) mass is 534 g/mol. The summed E-state index contributed by atoms with van der Waals surface area (Å²) in [5.41, 5.74) is 3.98. The Morgan fingerprint density at radius 1 is 1.07 bits per heavy atom. The van der Waals surface area contributed by atoms with Crippen LogP contribution in [0.4, 0.5) is 14.5 Å². The molecule has 2 aromatic rings. The smallest absolute Gasteiger partial charge is 0.387 e. The van der Waals surface area contributed by atoms with Crippen LogP contribution in [0.15, 0.2) is 41.4 Å². The van der Waals surface area contributed by atoms with Crippen molar-refractivity contribution in [2.45, 2.75) is 26.6 Å². The Bertz CT molecular complexity index is 848. The number of alkyl halides is 2. The van der Waals surface area contributed by atoms with Gasteiger partial charge < -0.3 is 25.0 Å². The number of hydrogen-bond acceptors (Lipinski definition) is 4. The summed E-state index contributed by atoms with van der Waals surface area (Å²) >= 11 is 0. The van der Waals surface area contributed by atoms with Gasteiger partial charge in [-0.05, 0) is 48.4 Å². The lowest BCUT2D eigenvalue weighted by molar-refractivity contribution is -0.0504. The van der Waals surface area contributed by atoms with Gasteiger partial charge in [-0.3, -0.25) is 4.99 Å². The lowest BCUT2D eigenvalue weighted by Gasteiger charge is -2.17. The van der Waals surface area contributed by atoms with Crippen molar-refractivity contribution >= 4 is 35.6 Å². The average molecular weight is 534 g/mol. The Balaban J connectivity index is 0.00000450. The molecule has 0 bridgehead atoms. The van der Waals surface area contributed by atoms with Gasteiger partial charge in [-0.25, -0.2) is 0 Å². The SMILES string of the molecule is CN=C(NCc1ccc(N(C)C)cc1C)NCc1cc(OC)ccc1OC(F)F.I. The average Bonchev–Trinajstić information content (AvgIpc) is 2.69. The van der Waals surface area contributed by atoms with Crippen LogP contribution in [-0.4, -0.2) is 40.8 Å². The Morgan fingerprint density at radius 2 is 1.73 bits per heavy atom. The highest BCUT2D eigenvalue weighted by molar-refractivity contribution is 14.0. The second-order valence-corrected chi connectivity index (χ2v) is 6.64. The molecule has 0 atom stereocenters. The fraction of sp³-hybridized carbons (Fsp3) is 0.381. The van der Waals surface area contributed by atoms with Crippen LogP contribution in [-0.2, 0) is 13.1 Å². The molecule has 0 aliphatic heterocycles. The zero-order valence-corrected chi connectivity index (χ0v) is 20.2. The molecule has 0 spiro atoms. The van der Waals surface area contributed by atoms with E-state index in [1.807, 2.05) is 14.1 Å². The summed E-state index contributed by atoms with van der Waals surface area (Å²) in [5.74, 6) is 1.20. The fourth-order valence-corrected chi connectivity index (χ4v) is 2.77. The second-order valence-electron chi connectivity index (χ2n) is 6.64. The molecular formula is C21H29F2IN4O2. The van der Waals surface area contributed by atoms with Crippen molar-refractivity contribution in [3.8, 4) is 11.5 Å². The maximum absolute atomic E-state index is 12.7. The number of benzene rings is 2. The van der Waals surface area contributed by atoms with Crippen LogP contribution in [0.2, 0.25) is 0 Å². The summed E-state index contributed by atoms with van der Waals surface area (Å²) in [6, 6.07) is 11.0. The van der Waals surface area contributed by atoms with E-state index in [0.717, 1.165) is 11.3 Å². The molecule has 0 aliphatic carbocycles. The zero-order chi connectivity index (χ0) is 21.4. The summed E-state index contributed by atoms with van der Waals surface area (Å²) in [4.78, 5) is 6.25. The summed E-state index contributed by atoms with van der Waals surface area (Å²) in [6.45, 7) is -0.00716. The molecule has 30 heavy (non-hydrogen) atoms. The molecule has 0 fully saturated rings. The van der Waals surface area contributed by atoms with Crippen molar-refractivity contribution in [1.29, 1.82) is 0 Å². The third-order valence-electron chi connectivity index (χ3n) is 4.44. The molecule has 0 aliphatic rings. The van der Waals surface area contributed by atoms with E-state index in [2.05, 4.69) is 50.4 Å². The van der Waals surface area contributed by atoms with E-state index in [9.17, 15) is 8.78 Å². The normalized spacial score (nSPS) is 11.0. The van der Waals surface area contributed by atoms with Crippen LogP contribution in [0, 0.1) is 6.92 Å². The van der Waals surface area contributed by atoms with Crippen LogP contribution in [0.3, 0.4) is 0 Å². The zero-order valence-electron chi connectivity index (χ0n) is 17.8. The van der Waals surface area contributed by atoms with Crippen LogP contribution in [0.5, 0.6) is 11.5 Å². The van der Waals surface area contributed by atoms with Crippen molar-refractivity contribution in [2.24, 2.45) is 4.99 Å². The fourth-order valence-electron chi connectivity index (χ4n) is 2.77. The minimum atomic E-state index is -2.90. The molecule has 166 valence electrons. The number of hydrogen-bond donors (Lipinski definition) is 2. The van der Waals surface area contributed by atoms with Gasteiger partial charge in [0.2, 0.25) is 0 Å². The number of nitrogens with zero attached hydrogens (tertiary/aromatic N) is 2. The van der Waals surface area contributed by atoms with E-state index in [4.69, 9.17) is 4.74 Å². The van der Waals surface area contributed by atoms with Gasteiger partial charge in [-0.1, -0.05) is 6.07 Å². The molecule has 0 unspecified atom stereocenters. The number of aliphatic imine (C=N–C) groups is 1. The number of halogens is 3. The summed E-state index contributed by atoms with van der Waals surface area (Å²) in [5, 5.41) is 6.36. The van der Waals surface area contributed by atoms with Crippen LogP contribution in [0.25, 0.3) is 0 Å². The van der Waals surface area contributed by atoms with E-state index in [0.29, 0.717) is 23.8 Å². The van der Waals surface area contributed by atoms with E-state index in [-0.39, 0.29) is 36.3 Å². The van der Waals surface area contributed by atoms with Crippen LogP contribution >= 0.6 is 24.0 Å². The molecular weight excluding hydrogens is 505 g/mol. The quantitative estimate of drug-likeness (QED) is 0.303. The lowest BCUT2D eigenvalue weighted by atomic mass is 10.1. The van der Waals surface area contributed by atoms with Crippen LogP contribution in [0.1, 0.15) is 16.7 Å². The Kier molecular flexibility index (Phi) is 10.6. The first-order valence-electron chi connectivity index (χ1n) is 9.17. The van der Waals surface area contributed by atoms with Crippen molar-refractivity contribution < 1.29 is 18.3 Å². The highest BCUT2D eigenvalue weighted by atomic mass is 127. The van der Waals surface area contributed by atoms with Gasteiger partial charge in [-0.2, -0.15) is 8.78 Å². The van der Waals surface area contributed by atoms with E-state index in [1.165, 1.54) is 18.7 Å². The van der Waals surface area contributed by atoms with Gasteiger partial charge in [0, 0.05) is 45.5 Å². The van der Waals surface area contributed by atoms with Gasteiger partial charge in [0.15, 0.2) is 5.96 Å². The molecule has 2 aromatic carbocycles. The molecule has 6 nitrogen and oxygen atoms in total. The first-order valence-corrected chi connectivity index (χ1v) is 9.17. The predicted octanol–water partition coefficient (Wildman–Crippen LogP) is 4.15. The molecule has 0 heterocycles. The summed E-state index contributed by atoms with van der Waals surface area (Å²) in [6.07, 6.45) is 0. The third-order valence-corrected chi connectivity index (χ3v) is 4.44. The standard InChI is InChI=1S/C21H28F2N4O2.HI/c1-14-10-17(27(3)4)7-6-15(14)12-25-21(24-2)26-13-16-11-18(28-5)8-9-19(16)29-20(22)23;/h6-11,20H,12-13H2,1-5H3,(H2,24,25,26);1H. The molecule has 0 saturated carbocycles. The molecule has 0 saturated heterocycles. The maximum atomic E-state index is 12.7. The minimum absolute atomic E-state index is 0. The topological polar surface area (TPSA) is 58.1 Å². The van der Waals surface area contributed by atoms with Crippen molar-refractivity contribution in [2.75, 3.05) is 33.2 Å². The molecule has 2 N–H and O–H groups in total. The Morgan fingerprint density at radius 3 is 2.27 bits per heavy atom. The molecule has 0 radical (unpaired) electrons. The van der Waals surface area contributed by atoms with Gasteiger partial charge >= 0.3 is 6.61 Å². The van der Waals surface area contributed by atoms with Gasteiger partial charge in [0.1, 0.15) is 11.5 Å². The van der Waals surface area contributed by atoms with Gasteiger partial charge in [0.25, 0.3) is 0 Å². The summed E-state index contributed by atoms with van der Waals surface area (Å²) < 4.78 is 35.1. The number of aryl methyl sites for hydroxylation is 1. The number of guanidine groups is 1. The molecule has 2 rings (SSSR count). The van der Waals surface area contributed by atoms with Gasteiger partial charge in [0.05, 0.1) is 7.11 Å². The van der Waals surface area contributed by atoms with E-state index < -0.39 is 6.61 Å². The van der Waals surface area contributed by atoms with Gasteiger partial charge in [-0.15, -0.1) is 24.0 Å². The number of methoxy groups -OCH3 is 1. The third kappa shape index (κ3) is 7.51. The predicted molar refractivity (Wildman–Crippen MR) is 128 cm³/mol. The Hall–Kier alpha value is -2.30. The Labute approximate surface area is 193 Å². The number of anilines is 1. The van der Waals surface area contributed by atoms with Crippen molar-refractivity contribution in [1.82, 2.24) is 10.6 Å². The lowest BCUT2D eigenvalue weighted by Crippen LogP contribution is -2.36. The first kappa shape index (κ1) is 25.7. The minimum Gasteiger partial charge on any atom is -0.497 e. The molecule has 9 heteroatoms. The molecule has 0 amide bonds. The summed E-state index contributed by atoms with van der Waals surface area (Å²) in [7, 11) is 7.18. The highest BCUT2D eigenvalue weighted by Crippen LogP contribution is 2.25. The number of nitrogens with one attached hydrogen (secondary N) is 2. The number of ether oxygens (including phenoxy) is 2. The van der Waals surface area contributed by atoms with Crippen LogP contribution < -0.4 is 25.0 Å². The van der Waals surface area contributed by atoms with E-state index in [1.54, 1.807) is 19.2 Å². The van der Waals surface area contributed by atoms with E-state index >= 15 is 0 Å². The first-order chi connectivity index (χ1) is 13.8. The van der Waals surface area contributed by atoms with Crippen molar-refractivity contribution in [3.63, 3.8) is 0 Å². The largest absolute Gasteiger partial charge is 0.497 e. The molecule has 0 aromatic heterocycles. The highest BCUT2D eigenvalue weighted by Gasteiger charge is 2.12. The number of rotatable bonds is 8. The second kappa shape index (κ2) is 12.4. The van der Waals surface area contributed by atoms with Crippen molar-refractivity contribution in [3.05, 3.63) is 53.1 Å².